The highest BCUT2D eigenvalue weighted by Crippen LogP contribution is 2.25. The van der Waals surface area contributed by atoms with E-state index in [-0.39, 0.29) is 17.9 Å². The average Bonchev–Trinajstić information content (AvgIpc) is 2.36. The number of halogens is 1. The lowest BCUT2D eigenvalue weighted by atomic mass is 10.0. The summed E-state index contributed by atoms with van der Waals surface area (Å²) in [6.07, 6.45) is 0. The van der Waals surface area contributed by atoms with Crippen LogP contribution in [0.25, 0.3) is 0 Å². The SMILES string of the molecule is COc1cccc(F)c1C(=O)N(C)C(C)(C)CO. The predicted octanol–water partition coefficient (Wildman–Crippen LogP) is 1.68. The number of carbonyl (C=O) groups excluding carboxylic acids is 1. The second-order valence-electron chi connectivity index (χ2n) is 4.65. The van der Waals surface area contributed by atoms with Crippen molar-refractivity contribution in [2.75, 3.05) is 20.8 Å². The fourth-order valence-corrected chi connectivity index (χ4v) is 1.43. The predicted molar refractivity (Wildman–Crippen MR) is 66.2 cm³/mol. The summed E-state index contributed by atoms with van der Waals surface area (Å²) in [5, 5.41) is 9.24. The molecule has 0 aliphatic rings. The van der Waals surface area contributed by atoms with Crippen molar-refractivity contribution in [3.8, 4) is 5.75 Å². The van der Waals surface area contributed by atoms with E-state index in [0.29, 0.717) is 0 Å². The number of aliphatic hydroxyl groups excluding tert-OH is 1. The van der Waals surface area contributed by atoms with Crippen LogP contribution in [-0.2, 0) is 0 Å². The molecular formula is C13H18FNO3. The molecule has 0 aliphatic carbocycles. The van der Waals surface area contributed by atoms with E-state index in [9.17, 15) is 14.3 Å². The minimum atomic E-state index is -0.773. The maximum atomic E-state index is 13.8. The van der Waals surface area contributed by atoms with Gasteiger partial charge in [0.1, 0.15) is 17.1 Å². The Hall–Kier alpha value is -1.62. The van der Waals surface area contributed by atoms with Crippen LogP contribution in [0.1, 0.15) is 24.2 Å². The normalized spacial score (nSPS) is 11.2. The first kappa shape index (κ1) is 14.4. The number of hydrogen-bond donors (Lipinski definition) is 1. The van der Waals surface area contributed by atoms with Gasteiger partial charge in [-0.05, 0) is 26.0 Å². The van der Waals surface area contributed by atoms with E-state index in [2.05, 4.69) is 0 Å². The molecule has 0 bridgehead atoms. The summed E-state index contributed by atoms with van der Waals surface area (Å²) >= 11 is 0. The molecule has 0 aliphatic heterocycles. The minimum Gasteiger partial charge on any atom is -0.496 e. The Morgan fingerprint density at radius 1 is 1.50 bits per heavy atom. The molecule has 0 atom stereocenters. The Kier molecular flexibility index (Phi) is 4.29. The molecule has 0 unspecified atom stereocenters. The number of hydrogen-bond acceptors (Lipinski definition) is 3. The molecule has 1 aromatic carbocycles. The Bertz CT molecular complexity index is 446. The minimum absolute atomic E-state index is 0.121. The third-order valence-electron chi connectivity index (χ3n) is 3.01. The number of benzene rings is 1. The van der Waals surface area contributed by atoms with E-state index in [1.165, 1.54) is 37.3 Å². The van der Waals surface area contributed by atoms with Crippen molar-refractivity contribution in [1.29, 1.82) is 0 Å². The number of likely N-dealkylation sites (N-methyl/N-ethyl adjacent to an activating group) is 1. The van der Waals surface area contributed by atoms with E-state index >= 15 is 0 Å². The van der Waals surface area contributed by atoms with Gasteiger partial charge in [-0.15, -0.1) is 0 Å². The molecule has 0 saturated heterocycles. The number of nitrogens with zero attached hydrogens (tertiary/aromatic N) is 1. The first-order valence-corrected chi connectivity index (χ1v) is 5.56. The maximum Gasteiger partial charge on any atom is 0.260 e. The Morgan fingerprint density at radius 2 is 2.11 bits per heavy atom. The molecule has 1 N–H and O–H groups in total. The van der Waals surface area contributed by atoms with Crippen LogP contribution in [0.15, 0.2) is 18.2 Å². The smallest absolute Gasteiger partial charge is 0.260 e. The molecule has 1 rings (SSSR count). The van der Waals surface area contributed by atoms with Gasteiger partial charge in [-0.3, -0.25) is 4.79 Å². The number of amides is 1. The van der Waals surface area contributed by atoms with Gasteiger partial charge in [0.15, 0.2) is 0 Å². The number of methoxy groups -OCH3 is 1. The second kappa shape index (κ2) is 5.35. The van der Waals surface area contributed by atoms with Gasteiger partial charge in [0, 0.05) is 7.05 Å². The zero-order valence-corrected chi connectivity index (χ0v) is 11.0. The fraction of sp³-hybridized carbons (Fsp3) is 0.462. The molecule has 0 radical (unpaired) electrons. The van der Waals surface area contributed by atoms with Crippen molar-refractivity contribution in [1.82, 2.24) is 4.90 Å². The van der Waals surface area contributed by atoms with E-state index in [1.54, 1.807) is 13.8 Å². The van der Waals surface area contributed by atoms with Gasteiger partial charge in [-0.25, -0.2) is 4.39 Å². The zero-order chi connectivity index (χ0) is 13.9. The van der Waals surface area contributed by atoms with Crippen LogP contribution in [0, 0.1) is 5.82 Å². The lowest BCUT2D eigenvalue weighted by Gasteiger charge is -2.34. The van der Waals surface area contributed by atoms with Crippen molar-refractivity contribution in [2.45, 2.75) is 19.4 Å². The van der Waals surface area contributed by atoms with Crippen LogP contribution in [0.5, 0.6) is 5.75 Å². The molecular weight excluding hydrogens is 237 g/mol. The fourth-order valence-electron chi connectivity index (χ4n) is 1.43. The first-order chi connectivity index (χ1) is 8.35. The van der Waals surface area contributed by atoms with Crippen molar-refractivity contribution in [3.05, 3.63) is 29.6 Å². The van der Waals surface area contributed by atoms with Crippen LogP contribution < -0.4 is 4.74 Å². The number of rotatable bonds is 4. The van der Waals surface area contributed by atoms with E-state index in [4.69, 9.17) is 4.74 Å². The molecule has 1 amide bonds. The van der Waals surface area contributed by atoms with Crippen molar-refractivity contribution in [2.24, 2.45) is 0 Å². The van der Waals surface area contributed by atoms with Gasteiger partial charge in [0.25, 0.3) is 5.91 Å². The number of aliphatic hydroxyl groups is 1. The average molecular weight is 255 g/mol. The Labute approximate surface area is 106 Å². The maximum absolute atomic E-state index is 13.8. The third kappa shape index (κ3) is 2.61. The Morgan fingerprint density at radius 3 is 2.61 bits per heavy atom. The topological polar surface area (TPSA) is 49.8 Å². The molecule has 18 heavy (non-hydrogen) atoms. The zero-order valence-electron chi connectivity index (χ0n) is 11.0. The van der Waals surface area contributed by atoms with Crippen LogP contribution in [0.4, 0.5) is 4.39 Å². The van der Waals surface area contributed by atoms with Gasteiger partial charge < -0.3 is 14.7 Å². The Balaban J connectivity index is 3.19. The van der Waals surface area contributed by atoms with Crippen LogP contribution >= 0.6 is 0 Å². The molecule has 0 aromatic heterocycles. The van der Waals surface area contributed by atoms with Crippen molar-refractivity contribution in [3.63, 3.8) is 0 Å². The van der Waals surface area contributed by atoms with Gasteiger partial charge >= 0.3 is 0 Å². The summed E-state index contributed by atoms with van der Waals surface area (Å²) in [6.45, 7) is 3.17. The van der Waals surface area contributed by atoms with E-state index < -0.39 is 17.3 Å². The highest BCUT2D eigenvalue weighted by Gasteiger charge is 2.30. The number of carbonyl (C=O) groups is 1. The van der Waals surface area contributed by atoms with Crippen molar-refractivity contribution >= 4 is 5.91 Å². The summed E-state index contributed by atoms with van der Waals surface area (Å²) in [6, 6.07) is 4.20. The van der Waals surface area contributed by atoms with Crippen LogP contribution in [-0.4, -0.2) is 42.2 Å². The van der Waals surface area contributed by atoms with Gasteiger partial charge in [-0.2, -0.15) is 0 Å². The number of ether oxygens (including phenoxy) is 1. The standard InChI is InChI=1S/C13H18FNO3/c1-13(2,8-16)15(3)12(17)11-9(14)6-5-7-10(11)18-4/h5-7,16H,8H2,1-4H3. The summed E-state index contributed by atoms with van der Waals surface area (Å²) in [4.78, 5) is 13.5. The highest BCUT2D eigenvalue weighted by atomic mass is 19.1. The van der Waals surface area contributed by atoms with E-state index in [1.807, 2.05) is 0 Å². The lowest BCUT2D eigenvalue weighted by Crippen LogP contribution is -2.48. The lowest BCUT2D eigenvalue weighted by molar-refractivity contribution is 0.0466. The highest BCUT2D eigenvalue weighted by molar-refractivity contribution is 5.97. The molecule has 4 nitrogen and oxygen atoms in total. The first-order valence-electron chi connectivity index (χ1n) is 5.56. The molecule has 0 spiro atoms. The third-order valence-corrected chi connectivity index (χ3v) is 3.01. The van der Waals surface area contributed by atoms with Crippen LogP contribution in [0.2, 0.25) is 0 Å². The van der Waals surface area contributed by atoms with Gasteiger partial charge in [0.05, 0.1) is 19.3 Å². The molecule has 0 heterocycles. The summed E-state index contributed by atoms with van der Waals surface area (Å²) in [7, 11) is 2.90. The summed E-state index contributed by atoms with van der Waals surface area (Å²) in [5.74, 6) is -0.982. The van der Waals surface area contributed by atoms with Crippen molar-refractivity contribution < 1.29 is 19.0 Å². The van der Waals surface area contributed by atoms with Gasteiger partial charge in [-0.1, -0.05) is 6.07 Å². The largest absolute Gasteiger partial charge is 0.496 e. The van der Waals surface area contributed by atoms with E-state index in [0.717, 1.165) is 0 Å². The molecule has 1 aromatic rings. The second-order valence-corrected chi connectivity index (χ2v) is 4.65. The molecule has 100 valence electrons. The van der Waals surface area contributed by atoms with Crippen LogP contribution in [0.3, 0.4) is 0 Å². The quantitative estimate of drug-likeness (QED) is 0.890. The monoisotopic (exact) mass is 255 g/mol. The van der Waals surface area contributed by atoms with Gasteiger partial charge in [0.2, 0.25) is 0 Å². The molecule has 5 heteroatoms. The molecule has 0 fully saturated rings. The summed E-state index contributed by atoms with van der Waals surface area (Å²) in [5.41, 5.74) is -0.895. The molecule has 0 saturated carbocycles. The summed E-state index contributed by atoms with van der Waals surface area (Å²) < 4.78 is 18.7.